The lowest BCUT2D eigenvalue weighted by molar-refractivity contribution is -0.253. The predicted octanol–water partition coefficient (Wildman–Crippen LogP) is 3.01. The average Bonchev–Trinajstić information content (AvgIpc) is 2.45. The minimum absolute atomic E-state index is 0.205. The van der Waals surface area contributed by atoms with Gasteiger partial charge in [-0.1, -0.05) is 26.2 Å². The van der Waals surface area contributed by atoms with Crippen molar-refractivity contribution in [2.75, 3.05) is 13.7 Å². The first kappa shape index (κ1) is 17.4. The number of hydrogen-bond acceptors (Lipinski definition) is 5. The first-order chi connectivity index (χ1) is 9.67. The lowest BCUT2D eigenvalue weighted by Gasteiger charge is -2.31. The van der Waals surface area contributed by atoms with E-state index in [4.69, 9.17) is 18.9 Å². The van der Waals surface area contributed by atoms with E-state index in [9.17, 15) is 4.79 Å². The maximum absolute atomic E-state index is 11.2. The quantitative estimate of drug-likeness (QED) is 0.371. The van der Waals surface area contributed by atoms with Crippen molar-refractivity contribution in [3.8, 4) is 0 Å². The molecule has 1 aliphatic rings. The van der Waals surface area contributed by atoms with E-state index in [1.807, 2.05) is 0 Å². The molecule has 3 atom stereocenters. The van der Waals surface area contributed by atoms with Crippen LogP contribution in [0.15, 0.2) is 0 Å². The SMILES string of the molecule is CCCCCC(OC1CCCCO1)C(OC)OC(C)=O. The van der Waals surface area contributed by atoms with Gasteiger partial charge in [-0.2, -0.15) is 0 Å². The second kappa shape index (κ2) is 10.1. The summed E-state index contributed by atoms with van der Waals surface area (Å²) in [6.07, 6.45) is 6.04. The summed E-state index contributed by atoms with van der Waals surface area (Å²) in [5.74, 6) is -0.356. The first-order valence-corrected chi connectivity index (χ1v) is 7.64. The molecule has 0 aromatic rings. The molecular weight excluding hydrogens is 260 g/mol. The summed E-state index contributed by atoms with van der Waals surface area (Å²) in [5, 5.41) is 0. The van der Waals surface area contributed by atoms with Gasteiger partial charge in [0, 0.05) is 20.6 Å². The van der Waals surface area contributed by atoms with Crippen LogP contribution < -0.4 is 0 Å². The molecule has 1 fully saturated rings. The minimum atomic E-state index is -0.658. The molecule has 0 N–H and O–H groups in total. The van der Waals surface area contributed by atoms with Crippen LogP contribution in [-0.2, 0) is 23.7 Å². The summed E-state index contributed by atoms with van der Waals surface area (Å²) in [5.41, 5.74) is 0. The van der Waals surface area contributed by atoms with Crippen LogP contribution >= 0.6 is 0 Å². The Morgan fingerprint density at radius 2 is 2.15 bits per heavy atom. The maximum Gasteiger partial charge on any atom is 0.305 e. The number of rotatable bonds is 9. The molecule has 5 heteroatoms. The van der Waals surface area contributed by atoms with E-state index < -0.39 is 6.29 Å². The molecule has 20 heavy (non-hydrogen) atoms. The van der Waals surface area contributed by atoms with Crippen molar-refractivity contribution in [1.82, 2.24) is 0 Å². The predicted molar refractivity (Wildman–Crippen MR) is 75.2 cm³/mol. The molecule has 0 saturated carbocycles. The van der Waals surface area contributed by atoms with Crippen LogP contribution in [0.5, 0.6) is 0 Å². The summed E-state index contributed by atoms with van der Waals surface area (Å²) in [4.78, 5) is 11.2. The summed E-state index contributed by atoms with van der Waals surface area (Å²) in [7, 11) is 1.53. The van der Waals surface area contributed by atoms with Crippen molar-refractivity contribution < 1.29 is 23.7 Å². The second-order valence-corrected chi connectivity index (χ2v) is 5.18. The molecular formula is C15H28O5. The highest BCUT2D eigenvalue weighted by molar-refractivity contribution is 5.66. The summed E-state index contributed by atoms with van der Waals surface area (Å²) in [6.45, 7) is 4.27. The number of unbranched alkanes of at least 4 members (excludes halogenated alkanes) is 2. The Bertz CT molecular complexity index is 263. The number of esters is 1. The molecule has 3 unspecified atom stereocenters. The lowest BCUT2D eigenvalue weighted by atomic mass is 10.1. The smallest absolute Gasteiger partial charge is 0.305 e. The first-order valence-electron chi connectivity index (χ1n) is 7.64. The molecule has 1 aliphatic heterocycles. The molecule has 0 amide bonds. The third kappa shape index (κ3) is 6.68. The molecule has 5 nitrogen and oxygen atoms in total. The molecule has 1 saturated heterocycles. The van der Waals surface area contributed by atoms with Crippen molar-refractivity contribution >= 4 is 5.97 Å². The van der Waals surface area contributed by atoms with Gasteiger partial charge >= 0.3 is 5.97 Å². The van der Waals surface area contributed by atoms with Gasteiger partial charge < -0.3 is 18.9 Å². The van der Waals surface area contributed by atoms with Crippen LogP contribution in [0.25, 0.3) is 0 Å². The van der Waals surface area contributed by atoms with Gasteiger partial charge in [0.15, 0.2) is 6.29 Å². The fourth-order valence-electron chi connectivity index (χ4n) is 2.32. The van der Waals surface area contributed by atoms with Crippen LogP contribution in [-0.4, -0.2) is 38.4 Å². The Morgan fingerprint density at radius 1 is 1.35 bits per heavy atom. The van der Waals surface area contributed by atoms with E-state index in [1.165, 1.54) is 14.0 Å². The third-order valence-electron chi connectivity index (χ3n) is 3.37. The van der Waals surface area contributed by atoms with E-state index in [2.05, 4.69) is 6.92 Å². The van der Waals surface area contributed by atoms with Crippen LogP contribution in [0.2, 0.25) is 0 Å². The van der Waals surface area contributed by atoms with Crippen molar-refractivity contribution in [2.24, 2.45) is 0 Å². The van der Waals surface area contributed by atoms with Gasteiger partial charge in [0.05, 0.1) is 0 Å². The number of ether oxygens (including phenoxy) is 4. The summed E-state index contributed by atoms with van der Waals surface area (Å²) in [6, 6.07) is 0. The Kier molecular flexibility index (Phi) is 8.82. The minimum Gasteiger partial charge on any atom is -0.433 e. The number of methoxy groups -OCH3 is 1. The zero-order chi connectivity index (χ0) is 14.8. The van der Waals surface area contributed by atoms with Crippen LogP contribution in [0.3, 0.4) is 0 Å². The zero-order valence-electron chi connectivity index (χ0n) is 12.9. The molecule has 0 aliphatic carbocycles. The van der Waals surface area contributed by atoms with Gasteiger partial charge in [0.1, 0.15) is 6.10 Å². The fraction of sp³-hybridized carbons (Fsp3) is 0.933. The van der Waals surface area contributed by atoms with E-state index in [0.717, 1.165) is 51.6 Å². The van der Waals surface area contributed by atoms with Gasteiger partial charge in [-0.05, 0) is 25.7 Å². The zero-order valence-corrected chi connectivity index (χ0v) is 12.9. The van der Waals surface area contributed by atoms with E-state index in [1.54, 1.807) is 0 Å². The molecule has 0 aromatic heterocycles. The van der Waals surface area contributed by atoms with Crippen molar-refractivity contribution in [3.63, 3.8) is 0 Å². The third-order valence-corrected chi connectivity index (χ3v) is 3.37. The van der Waals surface area contributed by atoms with Gasteiger partial charge in [-0.15, -0.1) is 0 Å². The highest BCUT2D eigenvalue weighted by Gasteiger charge is 2.28. The Labute approximate surface area is 121 Å². The van der Waals surface area contributed by atoms with Crippen LogP contribution in [0.1, 0.15) is 58.8 Å². The monoisotopic (exact) mass is 288 g/mol. The largest absolute Gasteiger partial charge is 0.433 e. The van der Waals surface area contributed by atoms with Crippen LogP contribution in [0, 0.1) is 0 Å². The van der Waals surface area contributed by atoms with E-state index in [-0.39, 0.29) is 18.4 Å². The summed E-state index contributed by atoms with van der Waals surface area (Å²) >= 11 is 0. The highest BCUT2D eigenvalue weighted by Crippen LogP contribution is 2.21. The second-order valence-electron chi connectivity index (χ2n) is 5.18. The van der Waals surface area contributed by atoms with Crippen molar-refractivity contribution in [3.05, 3.63) is 0 Å². The normalized spacial score (nSPS) is 22.2. The number of hydrogen-bond donors (Lipinski definition) is 0. The highest BCUT2D eigenvalue weighted by atomic mass is 16.7. The van der Waals surface area contributed by atoms with E-state index in [0.29, 0.717) is 0 Å². The Balaban J connectivity index is 2.53. The number of carbonyl (C=O) groups excluding carboxylic acids is 1. The Hall–Kier alpha value is -0.650. The van der Waals surface area contributed by atoms with Crippen molar-refractivity contribution in [1.29, 1.82) is 0 Å². The molecule has 0 aromatic carbocycles. The van der Waals surface area contributed by atoms with Gasteiger partial charge in [-0.3, -0.25) is 4.79 Å². The molecule has 1 rings (SSSR count). The molecule has 0 spiro atoms. The van der Waals surface area contributed by atoms with E-state index >= 15 is 0 Å². The number of carbonyl (C=O) groups is 1. The standard InChI is InChI=1S/C15H28O5/c1-4-5-6-9-13(15(17-3)19-12(2)16)20-14-10-7-8-11-18-14/h13-15H,4-11H2,1-3H3. The average molecular weight is 288 g/mol. The molecule has 118 valence electrons. The molecule has 0 bridgehead atoms. The lowest BCUT2D eigenvalue weighted by Crippen LogP contribution is -2.39. The van der Waals surface area contributed by atoms with Gasteiger partial charge in [0.2, 0.25) is 6.29 Å². The maximum atomic E-state index is 11.2. The van der Waals surface area contributed by atoms with Crippen LogP contribution in [0.4, 0.5) is 0 Å². The topological polar surface area (TPSA) is 54.0 Å². The molecule has 1 heterocycles. The summed E-state index contributed by atoms with van der Waals surface area (Å²) < 4.78 is 22.0. The Morgan fingerprint density at radius 3 is 2.70 bits per heavy atom. The van der Waals surface area contributed by atoms with Crippen molar-refractivity contribution in [2.45, 2.75) is 77.5 Å². The fourth-order valence-corrected chi connectivity index (χ4v) is 2.32. The van der Waals surface area contributed by atoms with Gasteiger partial charge in [-0.25, -0.2) is 0 Å². The van der Waals surface area contributed by atoms with Gasteiger partial charge in [0.25, 0.3) is 0 Å². The molecule has 0 radical (unpaired) electrons.